The zero-order valence-electron chi connectivity index (χ0n) is 7.71. The molecule has 0 aliphatic rings. The van der Waals surface area contributed by atoms with Gasteiger partial charge in [-0.15, -0.1) is 0 Å². The van der Waals surface area contributed by atoms with Gasteiger partial charge in [-0.1, -0.05) is 0 Å². The first kappa shape index (κ1) is 11.9. The average molecular weight is 194 g/mol. The Morgan fingerprint density at radius 3 is 2.50 bits per heavy atom. The molecular formula is C7H18N2O2S. The van der Waals surface area contributed by atoms with Crippen LogP contribution in [0.2, 0.25) is 0 Å². The lowest BCUT2D eigenvalue weighted by atomic mass is 10.2. The van der Waals surface area contributed by atoms with Crippen LogP contribution < -0.4 is 11.1 Å². The molecule has 0 aromatic rings. The molecule has 0 heterocycles. The van der Waals surface area contributed by atoms with Crippen molar-refractivity contribution in [3.8, 4) is 0 Å². The van der Waals surface area contributed by atoms with Crippen molar-refractivity contribution in [2.45, 2.75) is 19.4 Å². The highest BCUT2D eigenvalue weighted by Crippen LogP contribution is 1.87. The summed E-state index contributed by atoms with van der Waals surface area (Å²) in [6.07, 6.45) is 2.12. The van der Waals surface area contributed by atoms with E-state index < -0.39 is 9.84 Å². The number of nitrogens with two attached hydrogens (primary N) is 1. The van der Waals surface area contributed by atoms with Gasteiger partial charge in [0.05, 0.1) is 5.75 Å². The van der Waals surface area contributed by atoms with Crippen LogP contribution in [0.1, 0.15) is 13.3 Å². The monoisotopic (exact) mass is 194 g/mol. The molecule has 4 nitrogen and oxygen atoms in total. The van der Waals surface area contributed by atoms with Gasteiger partial charge in [-0.05, 0) is 19.9 Å². The van der Waals surface area contributed by atoms with Gasteiger partial charge >= 0.3 is 0 Å². The zero-order chi connectivity index (χ0) is 9.61. The summed E-state index contributed by atoms with van der Waals surface area (Å²) in [4.78, 5) is 0. The molecule has 0 radical (unpaired) electrons. The molecule has 0 aromatic heterocycles. The maximum atomic E-state index is 10.7. The maximum Gasteiger partial charge on any atom is 0.148 e. The van der Waals surface area contributed by atoms with Crippen LogP contribution >= 0.6 is 0 Å². The summed E-state index contributed by atoms with van der Waals surface area (Å²) in [7, 11) is -2.83. The molecule has 0 aliphatic heterocycles. The van der Waals surface area contributed by atoms with Crippen molar-refractivity contribution < 1.29 is 8.42 Å². The first-order chi connectivity index (χ1) is 5.45. The van der Waals surface area contributed by atoms with Crippen molar-refractivity contribution in [2.75, 3.05) is 25.1 Å². The second-order valence-corrected chi connectivity index (χ2v) is 5.32. The maximum absolute atomic E-state index is 10.7. The highest BCUT2D eigenvalue weighted by molar-refractivity contribution is 7.90. The fraction of sp³-hybridized carbons (Fsp3) is 1.00. The van der Waals surface area contributed by atoms with Gasteiger partial charge < -0.3 is 11.1 Å². The Balaban J connectivity index is 3.44. The third kappa shape index (κ3) is 7.97. The highest BCUT2D eigenvalue weighted by Gasteiger charge is 2.03. The molecular weight excluding hydrogens is 176 g/mol. The van der Waals surface area contributed by atoms with Crippen molar-refractivity contribution in [1.29, 1.82) is 0 Å². The Labute approximate surface area is 74.4 Å². The normalized spacial score (nSPS) is 14.6. The second-order valence-electron chi connectivity index (χ2n) is 3.06. The van der Waals surface area contributed by atoms with Crippen LogP contribution in [-0.4, -0.2) is 39.6 Å². The molecule has 0 saturated carbocycles. The molecule has 0 aromatic carbocycles. The van der Waals surface area contributed by atoms with E-state index in [0.29, 0.717) is 19.1 Å². The predicted molar refractivity (Wildman–Crippen MR) is 50.8 cm³/mol. The lowest BCUT2D eigenvalue weighted by Gasteiger charge is -2.11. The van der Waals surface area contributed by atoms with E-state index >= 15 is 0 Å². The van der Waals surface area contributed by atoms with Gasteiger partial charge in [-0.3, -0.25) is 0 Å². The molecule has 0 bridgehead atoms. The van der Waals surface area contributed by atoms with Crippen LogP contribution in [0.15, 0.2) is 0 Å². The molecule has 3 N–H and O–H groups in total. The summed E-state index contributed by atoms with van der Waals surface area (Å²) in [5.41, 5.74) is 5.33. The molecule has 0 fully saturated rings. The summed E-state index contributed by atoms with van der Waals surface area (Å²) in [6.45, 7) is 3.14. The van der Waals surface area contributed by atoms with Gasteiger partial charge in [0.2, 0.25) is 0 Å². The number of rotatable bonds is 6. The lowest BCUT2D eigenvalue weighted by Crippen LogP contribution is -2.32. The quantitative estimate of drug-likeness (QED) is 0.590. The zero-order valence-corrected chi connectivity index (χ0v) is 8.52. The van der Waals surface area contributed by atoms with E-state index in [-0.39, 0.29) is 5.75 Å². The van der Waals surface area contributed by atoms with Gasteiger partial charge in [0.15, 0.2) is 0 Å². The van der Waals surface area contributed by atoms with Crippen LogP contribution in [0.3, 0.4) is 0 Å². The average Bonchev–Trinajstić information content (AvgIpc) is 1.84. The SMILES string of the molecule is CC(CCN)NCCS(C)(=O)=O. The number of nitrogens with one attached hydrogen (secondary N) is 1. The fourth-order valence-electron chi connectivity index (χ4n) is 0.843. The summed E-state index contributed by atoms with van der Waals surface area (Å²) < 4.78 is 21.4. The van der Waals surface area contributed by atoms with Crippen LogP contribution in [0.4, 0.5) is 0 Å². The van der Waals surface area contributed by atoms with Crippen molar-refractivity contribution in [3.63, 3.8) is 0 Å². The summed E-state index contributed by atoms with van der Waals surface area (Å²) >= 11 is 0. The van der Waals surface area contributed by atoms with Crippen LogP contribution in [-0.2, 0) is 9.84 Å². The summed E-state index contributed by atoms with van der Waals surface area (Å²) in [5, 5.41) is 3.08. The van der Waals surface area contributed by atoms with E-state index in [1.807, 2.05) is 6.92 Å². The molecule has 0 amide bonds. The molecule has 0 rings (SSSR count). The summed E-state index contributed by atoms with van der Waals surface area (Å²) in [5.74, 6) is 0.196. The Morgan fingerprint density at radius 1 is 1.50 bits per heavy atom. The molecule has 0 saturated heterocycles. The Hall–Kier alpha value is -0.130. The van der Waals surface area contributed by atoms with E-state index in [9.17, 15) is 8.42 Å². The fourth-order valence-corrected chi connectivity index (χ4v) is 1.33. The first-order valence-electron chi connectivity index (χ1n) is 4.07. The van der Waals surface area contributed by atoms with Gasteiger partial charge in [0.1, 0.15) is 9.84 Å². The van der Waals surface area contributed by atoms with Crippen LogP contribution in [0.5, 0.6) is 0 Å². The predicted octanol–water partition coefficient (Wildman–Crippen LogP) is -0.642. The van der Waals surface area contributed by atoms with Crippen LogP contribution in [0, 0.1) is 0 Å². The topological polar surface area (TPSA) is 72.2 Å². The minimum absolute atomic E-state index is 0.196. The second kappa shape index (κ2) is 5.50. The molecule has 12 heavy (non-hydrogen) atoms. The number of hydrogen-bond donors (Lipinski definition) is 2. The van der Waals surface area contributed by atoms with E-state index in [2.05, 4.69) is 5.32 Å². The lowest BCUT2D eigenvalue weighted by molar-refractivity contribution is 0.532. The Kier molecular flexibility index (Phi) is 5.44. The van der Waals surface area contributed by atoms with Gasteiger partial charge in [0, 0.05) is 18.8 Å². The smallest absolute Gasteiger partial charge is 0.148 e. The number of hydrogen-bond acceptors (Lipinski definition) is 4. The minimum atomic E-state index is -2.83. The third-order valence-electron chi connectivity index (χ3n) is 1.57. The van der Waals surface area contributed by atoms with Crippen molar-refractivity contribution in [1.82, 2.24) is 5.32 Å². The van der Waals surface area contributed by atoms with Crippen molar-refractivity contribution in [3.05, 3.63) is 0 Å². The van der Waals surface area contributed by atoms with Gasteiger partial charge in [-0.25, -0.2) is 8.42 Å². The number of sulfone groups is 1. The van der Waals surface area contributed by atoms with Crippen molar-refractivity contribution >= 4 is 9.84 Å². The molecule has 74 valence electrons. The Bertz CT molecular complexity index is 201. The van der Waals surface area contributed by atoms with E-state index in [1.165, 1.54) is 6.26 Å². The van der Waals surface area contributed by atoms with Crippen molar-refractivity contribution in [2.24, 2.45) is 5.73 Å². The molecule has 1 unspecified atom stereocenters. The minimum Gasteiger partial charge on any atom is -0.330 e. The molecule has 1 atom stereocenters. The summed E-state index contributed by atoms with van der Waals surface area (Å²) in [6, 6.07) is 0.303. The first-order valence-corrected chi connectivity index (χ1v) is 6.13. The molecule has 0 aliphatic carbocycles. The molecule has 5 heteroatoms. The highest BCUT2D eigenvalue weighted by atomic mass is 32.2. The third-order valence-corrected chi connectivity index (χ3v) is 2.51. The van der Waals surface area contributed by atoms with E-state index in [0.717, 1.165) is 6.42 Å². The van der Waals surface area contributed by atoms with E-state index in [1.54, 1.807) is 0 Å². The van der Waals surface area contributed by atoms with Gasteiger partial charge in [0.25, 0.3) is 0 Å². The molecule has 0 spiro atoms. The van der Waals surface area contributed by atoms with Crippen LogP contribution in [0.25, 0.3) is 0 Å². The Morgan fingerprint density at radius 2 is 2.08 bits per heavy atom. The van der Waals surface area contributed by atoms with E-state index in [4.69, 9.17) is 5.73 Å². The standard InChI is InChI=1S/C7H18N2O2S/c1-7(3-4-8)9-5-6-12(2,10)11/h7,9H,3-6,8H2,1-2H3. The largest absolute Gasteiger partial charge is 0.330 e. The van der Waals surface area contributed by atoms with Gasteiger partial charge in [-0.2, -0.15) is 0 Å².